The van der Waals surface area contributed by atoms with Gasteiger partial charge in [-0.15, -0.1) is 12.4 Å². The number of nitrogens with zero attached hydrogens (tertiary/aromatic N) is 1. The Bertz CT molecular complexity index is 395. The highest BCUT2D eigenvalue weighted by Crippen LogP contribution is 2.28. The molecule has 1 aromatic rings. The number of hydrogen-bond acceptors (Lipinski definition) is 2. The first-order chi connectivity index (χ1) is 8.72. The molecule has 1 heterocycles. The summed E-state index contributed by atoms with van der Waals surface area (Å²) in [7, 11) is 0. The van der Waals surface area contributed by atoms with Crippen LogP contribution in [0.4, 0.5) is 4.39 Å². The highest BCUT2D eigenvalue weighted by atomic mass is 35.5. The molecule has 1 saturated heterocycles. The van der Waals surface area contributed by atoms with Gasteiger partial charge in [0, 0.05) is 37.2 Å². The van der Waals surface area contributed by atoms with E-state index in [1.807, 2.05) is 19.1 Å². The third-order valence-electron chi connectivity index (χ3n) is 3.56. The Balaban J connectivity index is 0.00000180. The van der Waals surface area contributed by atoms with Gasteiger partial charge in [0.2, 0.25) is 0 Å². The van der Waals surface area contributed by atoms with Crippen molar-refractivity contribution in [1.29, 1.82) is 0 Å². The molecule has 108 valence electrons. The molecule has 0 amide bonds. The minimum atomic E-state index is -0.292. The van der Waals surface area contributed by atoms with Gasteiger partial charge in [-0.1, -0.05) is 23.7 Å². The molecule has 1 aliphatic heterocycles. The van der Waals surface area contributed by atoms with Crippen LogP contribution >= 0.6 is 24.0 Å². The van der Waals surface area contributed by atoms with Crippen molar-refractivity contribution >= 4 is 24.0 Å². The summed E-state index contributed by atoms with van der Waals surface area (Å²) in [6.07, 6.45) is 0.541. The number of rotatable bonds is 4. The number of benzene rings is 1. The SMILES string of the molecule is Cc1ccc([C@@H](CCF)N2CCNCC2)cc1Cl.Cl. The highest BCUT2D eigenvalue weighted by molar-refractivity contribution is 6.31. The van der Waals surface area contributed by atoms with Crippen LogP contribution in [-0.4, -0.2) is 37.8 Å². The standard InChI is InChI=1S/C14H20ClFN2.ClH/c1-11-2-3-12(10-13(11)15)14(4-5-16)18-8-6-17-7-9-18;/h2-3,10,14,17H,4-9H2,1H3;1H/t14-;/m1./s1. The van der Waals surface area contributed by atoms with Crippen molar-refractivity contribution < 1.29 is 4.39 Å². The minimum absolute atomic E-state index is 0. The summed E-state index contributed by atoms with van der Waals surface area (Å²) in [4.78, 5) is 2.34. The lowest BCUT2D eigenvalue weighted by atomic mass is 10.0. The molecule has 1 N–H and O–H groups in total. The van der Waals surface area contributed by atoms with Gasteiger partial charge in [0.1, 0.15) is 0 Å². The van der Waals surface area contributed by atoms with Crippen molar-refractivity contribution in [2.24, 2.45) is 0 Å². The van der Waals surface area contributed by atoms with Crippen LogP contribution in [0.25, 0.3) is 0 Å². The highest BCUT2D eigenvalue weighted by Gasteiger charge is 2.22. The topological polar surface area (TPSA) is 15.3 Å². The second-order valence-electron chi connectivity index (χ2n) is 4.79. The quantitative estimate of drug-likeness (QED) is 0.917. The molecule has 1 aromatic carbocycles. The van der Waals surface area contributed by atoms with Crippen LogP contribution < -0.4 is 5.32 Å². The summed E-state index contributed by atoms with van der Waals surface area (Å²) >= 11 is 6.17. The molecule has 0 unspecified atom stereocenters. The smallest absolute Gasteiger partial charge is 0.0912 e. The Morgan fingerprint density at radius 3 is 2.63 bits per heavy atom. The third kappa shape index (κ3) is 4.32. The van der Waals surface area contributed by atoms with Gasteiger partial charge in [-0.05, 0) is 30.5 Å². The van der Waals surface area contributed by atoms with Gasteiger partial charge in [-0.2, -0.15) is 0 Å². The number of nitrogens with one attached hydrogen (secondary N) is 1. The molecule has 1 aliphatic rings. The van der Waals surface area contributed by atoms with Gasteiger partial charge < -0.3 is 5.32 Å². The molecule has 2 nitrogen and oxygen atoms in total. The number of halogens is 3. The molecular formula is C14H21Cl2FN2. The average Bonchev–Trinajstić information content (AvgIpc) is 2.40. The van der Waals surface area contributed by atoms with Gasteiger partial charge in [0.25, 0.3) is 0 Å². The molecule has 0 radical (unpaired) electrons. The molecule has 0 aromatic heterocycles. The van der Waals surface area contributed by atoms with E-state index >= 15 is 0 Å². The summed E-state index contributed by atoms with van der Waals surface area (Å²) < 4.78 is 12.8. The van der Waals surface area contributed by atoms with Gasteiger partial charge in [-0.25, -0.2) is 0 Å². The Hall–Kier alpha value is -0.350. The van der Waals surface area contributed by atoms with Gasteiger partial charge in [0.05, 0.1) is 6.67 Å². The van der Waals surface area contributed by atoms with Crippen molar-refractivity contribution in [3.63, 3.8) is 0 Å². The van der Waals surface area contributed by atoms with E-state index in [4.69, 9.17) is 11.6 Å². The lowest BCUT2D eigenvalue weighted by Crippen LogP contribution is -2.45. The van der Waals surface area contributed by atoms with Crippen LogP contribution in [0.3, 0.4) is 0 Å². The maximum absolute atomic E-state index is 12.8. The van der Waals surface area contributed by atoms with Crippen molar-refractivity contribution in [1.82, 2.24) is 10.2 Å². The molecule has 0 aliphatic carbocycles. The fraction of sp³-hybridized carbons (Fsp3) is 0.571. The van der Waals surface area contributed by atoms with E-state index in [9.17, 15) is 4.39 Å². The molecule has 0 spiro atoms. The Morgan fingerprint density at radius 2 is 2.05 bits per heavy atom. The van der Waals surface area contributed by atoms with Crippen molar-refractivity contribution in [2.75, 3.05) is 32.9 Å². The summed E-state index contributed by atoms with van der Waals surface area (Å²) in [5, 5.41) is 4.09. The first kappa shape index (κ1) is 16.7. The fourth-order valence-corrected chi connectivity index (χ4v) is 2.66. The second kappa shape index (κ2) is 8.05. The summed E-state index contributed by atoms with van der Waals surface area (Å²) in [6.45, 7) is 5.58. The van der Waals surface area contributed by atoms with Gasteiger partial charge in [0.15, 0.2) is 0 Å². The first-order valence-electron chi connectivity index (χ1n) is 6.49. The normalized spacial score (nSPS) is 17.8. The monoisotopic (exact) mass is 306 g/mol. The van der Waals surface area contributed by atoms with E-state index in [0.29, 0.717) is 6.42 Å². The lowest BCUT2D eigenvalue weighted by Gasteiger charge is -2.35. The number of aryl methyl sites for hydroxylation is 1. The van der Waals surface area contributed by atoms with Crippen LogP contribution in [0.15, 0.2) is 18.2 Å². The lowest BCUT2D eigenvalue weighted by molar-refractivity contribution is 0.157. The van der Waals surface area contributed by atoms with E-state index in [0.717, 1.165) is 42.3 Å². The van der Waals surface area contributed by atoms with Gasteiger partial charge in [-0.3, -0.25) is 9.29 Å². The molecule has 1 atom stereocenters. The van der Waals surface area contributed by atoms with Gasteiger partial charge >= 0.3 is 0 Å². The maximum atomic E-state index is 12.8. The predicted octanol–water partition coefficient (Wildman–Crippen LogP) is 3.38. The van der Waals surface area contributed by atoms with E-state index in [-0.39, 0.29) is 25.1 Å². The first-order valence-corrected chi connectivity index (χ1v) is 6.87. The summed E-state index contributed by atoms with van der Waals surface area (Å²) in [5.74, 6) is 0. The molecule has 0 bridgehead atoms. The van der Waals surface area contributed by atoms with Crippen LogP contribution in [0.5, 0.6) is 0 Å². The van der Waals surface area contributed by atoms with E-state index in [2.05, 4.69) is 16.3 Å². The Morgan fingerprint density at radius 1 is 1.37 bits per heavy atom. The van der Waals surface area contributed by atoms with Crippen LogP contribution in [0, 0.1) is 6.92 Å². The summed E-state index contributed by atoms with van der Waals surface area (Å²) in [5.41, 5.74) is 2.20. The van der Waals surface area contributed by atoms with Crippen LogP contribution in [0.2, 0.25) is 5.02 Å². The van der Waals surface area contributed by atoms with Crippen LogP contribution in [0.1, 0.15) is 23.6 Å². The van der Waals surface area contributed by atoms with E-state index < -0.39 is 0 Å². The Labute approximate surface area is 125 Å². The van der Waals surface area contributed by atoms with E-state index in [1.165, 1.54) is 0 Å². The summed E-state index contributed by atoms with van der Waals surface area (Å²) in [6, 6.07) is 6.23. The third-order valence-corrected chi connectivity index (χ3v) is 3.96. The zero-order chi connectivity index (χ0) is 13.0. The van der Waals surface area contributed by atoms with Crippen molar-refractivity contribution in [2.45, 2.75) is 19.4 Å². The molecule has 19 heavy (non-hydrogen) atoms. The molecule has 2 rings (SSSR count). The average molecular weight is 307 g/mol. The largest absolute Gasteiger partial charge is 0.314 e. The molecular weight excluding hydrogens is 286 g/mol. The maximum Gasteiger partial charge on any atom is 0.0912 e. The van der Waals surface area contributed by atoms with Crippen molar-refractivity contribution in [3.05, 3.63) is 34.3 Å². The van der Waals surface area contributed by atoms with Crippen LogP contribution in [-0.2, 0) is 0 Å². The number of piperazine rings is 1. The fourth-order valence-electron chi connectivity index (χ4n) is 2.47. The molecule has 1 fully saturated rings. The Kier molecular flexibility index (Phi) is 7.08. The predicted molar refractivity (Wildman–Crippen MR) is 81.2 cm³/mol. The zero-order valence-electron chi connectivity index (χ0n) is 11.2. The number of hydrogen-bond donors (Lipinski definition) is 1. The second-order valence-corrected chi connectivity index (χ2v) is 5.20. The minimum Gasteiger partial charge on any atom is -0.314 e. The van der Waals surface area contributed by atoms with E-state index in [1.54, 1.807) is 0 Å². The zero-order valence-corrected chi connectivity index (χ0v) is 12.7. The number of alkyl halides is 1. The molecule has 0 saturated carbocycles. The van der Waals surface area contributed by atoms with Crippen molar-refractivity contribution in [3.8, 4) is 0 Å². The molecule has 5 heteroatoms.